The third-order valence-electron chi connectivity index (χ3n) is 3.00. The summed E-state index contributed by atoms with van der Waals surface area (Å²) in [5.41, 5.74) is 7.61. The Morgan fingerprint density at radius 2 is 2.22 bits per heavy atom. The molecule has 1 aromatic carbocycles. The van der Waals surface area contributed by atoms with Crippen LogP contribution in [-0.4, -0.2) is 16.6 Å². The maximum absolute atomic E-state index is 6.16. The van der Waals surface area contributed by atoms with Crippen LogP contribution in [0.25, 0.3) is 0 Å². The van der Waals surface area contributed by atoms with E-state index < -0.39 is 0 Å². The first-order chi connectivity index (χ1) is 8.61. The molecule has 0 unspecified atom stereocenters. The monoisotopic (exact) mass is 264 g/mol. The van der Waals surface area contributed by atoms with Crippen LogP contribution in [0, 0.1) is 0 Å². The van der Waals surface area contributed by atoms with E-state index in [4.69, 9.17) is 17.3 Å². The normalized spacial score (nSPS) is 10.7. The van der Waals surface area contributed by atoms with Crippen molar-refractivity contribution in [1.82, 2.24) is 9.55 Å². The van der Waals surface area contributed by atoms with Crippen LogP contribution in [0.5, 0.6) is 0 Å². The molecule has 0 aliphatic rings. The minimum Gasteiger partial charge on any atom is -0.367 e. The topological polar surface area (TPSA) is 47.1 Å². The molecule has 96 valence electrons. The first-order valence-electron chi connectivity index (χ1n) is 5.77. The molecule has 0 atom stereocenters. The summed E-state index contributed by atoms with van der Waals surface area (Å²) in [6.07, 6.45) is 3.74. The average Bonchev–Trinajstić information content (AvgIpc) is 2.75. The second kappa shape index (κ2) is 5.42. The summed E-state index contributed by atoms with van der Waals surface area (Å²) < 4.78 is 2.01. The van der Waals surface area contributed by atoms with E-state index in [9.17, 15) is 0 Å². The van der Waals surface area contributed by atoms with Crippen LogP contribution in [0.4, 0.5) is 5.69 Å². The zero-order valence-corrected chi connectivity index (χ0v) is 11.4. The average molecular weight is 265 g/mol. The maximum atomic E-state index is 6.16. The van der Waals surface area contributed by atoms with Crippen LogP contribution in [0.1, 0.15) is 11.4 Å². The van der Waals surface area contributed by atoms with Gasteiger partial charge in [0.25, 0.3) is 0 Å². The van der Waals surface area contributed by atoms with Gasteiger partial charge >= 0.3 is 0 Å². The number of rotatable bonds is 4. The Labute approximate surface area is 112 Å². The highest BCUT2D eigenvalue weighted by Gasteiger charge is 2.07. The van der Waals surface area contributed by atoms with Crippen molar-refractivity contribution in [3.05, 3.63) is 47.0 Å². The Bertz CT molecular complexity index is 536. The van der Waals surface area contributed by atoms with E-state index in [1.54, 1.807) is 6.20 Å². The molecule has 0 aliphatic carbocycles. The summed E-state index contributed by atoms with van der Waals surface area (Å²) in [6.45, 7) is 1.20. The van der Waals surface area contributed by atoms with Gasteiger partial charge in [-0.2, -0.15) is 0 Å². The van der Waals surface area contributed by atoms with E-state index in [0.29, 0.717) is 11.6 Å². The van der Waals surface area contributed by atoms with Gasteiger partial charge in [-0.25, -0.2) is 4.98 Å². The van der Waals surface area contributed by atoms with E-state index in [1.165, 1.54) is 0 Å². The van der Waals surface area contributed by atoms with Crippen molar-refractivity contribution >= 4 is 17.3 Å². The van der Waals surface area contributed by atoms with Gasteiger partial charge in [-0.05, 0) is 17.7 Å². The predicted octanol–water partition coefficient (Wildman–Crippen LogP) is 2.17. The van der Waals surface area contributed by atoms with Crippen LogP contribution < -0.4 is 10.6 Å². The molecule has 2 N–H and O–H groups in total. The molecule has 0 radical (unpaired) electrons. The molecule has 5 heteroatoms. The van der Waals surface area contributed by atoms with E-state index in [-0.39, 0.29) is 0 Å². The van der Waals surface area contributed by atoms with Crippen molar-refractivity contribution in [2.75, 3.05) is 11.9 Å². The lowest BCUT2D eigenvalue weighted by atomic mass is 10.2. The van der Waals surface area contributed by atoms with Gasteiger partial charge in [-0.1, -0.05) is 17.7 Å². The maximum Gasteiger partial charge on any atom is 0.127 e. The molecule has 0 saturated carbocycles. The largest absolute Gasteiger partial charge is 0.367 e. The van der Waals surface area contributed by atoms with Gasteiger partial charge in [0.15, 0.2) is 0 Å². The summed E-state index contributed by atoms with van der Waals surface area (Å²) in [6, 6.07) is 5.93. The van der Waals surface area contributed by atoms with Gasteiger partial charge in [0.2, 0.25) is 0 Å². The minimum absolute atomic E-state index is 0.461. The summed E-state index contributed by atoms with van der Waals surface area (Å²) >= 11 is 6.16. The molecule has 0 spiro atoms. The Kier molecular flexibility index (Phi) is 3.89. The molecule has 2 aromatic rings. The Morgan fingerprint density at radius 1 is 1.44 bits per heavy atom. The molecule has 2 rings (SSSR count). The van der Waals surface area contributed by atoms with Crippen LogP contribution in [0.15, 0.2) is 30.6 Å². The van der Waals surface area contributed by atoms with Crippen LogP contribution in [0.3, 0.4) is 0 Å². The number of anilines is 1. The summed E-state index contributed by atoms with van der Waals surface area (Å²) in [5, 5.41) is 0.710. The number of hydrogen-bond donors (Lipinski definition) is 1. The van der Waals surface area contributed by atoms with E-state index >= 15 is 0 Å². The second-order valence-electron chi connectivity index (χ2n) is 4.29. The fraction of sp³-hybridized carbons (Fsp3) is 0.308. The van der Waals surface area contributed by atoms with Gasteiger partial charge in [0, 0.05) is 43.7 Å². The van der Waals surface area contributed by atoms with Gasteiger partial charge in [0.05, 0.1) is 6.54 Å². The molecule has 1 aromatic heterocycles. The number of imidazole rings is 1. The molecular weight excluding hydrogens is 248 g/mol. The van der Waals surface area contributed by atoms with Gasteiger partial charge in [-0.3, -0.25) is 0 Å². The lowest BCUT2D eigenvalue weighted by molar-refractivity contribution is 0.761. The lowest BCUT2D eigenvalue weighted by Gasteiger charge is -2.19. The van der Waals surface area contributed by atoms with E-state index in [1.807, 2.05) is 43.1 Å². The molecule has 4 nitrogen and oxygen atoms in total. The van der Waals surface area contributed by atoms with Crippen LogP contribution >= 0.6 is 11.6 Å². The quantitative estimate of drug-likeness (QED) is 0.921. The fourth-order valence-electron chi connectivity index (χ4n) is 1.79. The number of hydrogen-bond acceptors (Lipinski definition) is 3. The summed E-state index contributed by atoms with van der Waals surface area (Å²) in [5.74, 6) is 1.01. The SMILES string of the molecule is CN(Cc1nccn1C)c1ccc(CN)c(Cl)c1. The second-order valence-corrected chi connectivity index (χ2v) is 4.70. The molecule has 0 amide bonds. The zero-order chi connectivity index (χ0) is 13.1. The molecule has 0 bridgehead atoms. The number of halogens is 1. The minimum atomic E-state index is 0.461. The zero-order valence-electron chi connectivity index (χ0n) is 10.6. The Balaban J connectivity index is 2.16. The van der Waals surface area contributed by atoms with Crippen molar-refractivity contribution < 1.29 is 0 Å². The highest BCUT2D eigenvalue weighted by Crippen LogP contribution is 2.23. The molecule has 0 aliphatic heterocycles. The van der Waals surface area contributed by atoms with E-state index in [2.05, 4.69) is 9.88 Å². The van der Waals surface area contributed by atoms with Crippen molar-refractivity contribution in [1.29, 1.82) is 0 Å². The van der Waals surface area contributed by atoms with Crippen LogP contribution in [0.2, 0.25) is 5.02 Å². The van der Waals surface area contributed by atoms with Crippen molar-refractivity contribution in [3.63, 3.8) is 0 Å². The number of aryl methyl sites for hydroxylation is 1. The summed E-state index contributed by atoms with van der Waals surface area (Å²) in [4.78, 5) is 6.41. The van der Waals surface area contributed by atoms with Gasteiger partial charge < -0.3 is 15.2 Å². The third-order valence-corrected chi connectivity index (χ3v) is 3.35. The molecule has 1 heterocycles. The standard InChI is InChI=1S/C13H17ClN4/c1-17-6-5-16-13(17)9-18(2)11-4-3-10(8-15)12(14)7-11/h3-7H,8-9,15H2,1-2H3. The smallest absolute Gasteiger partial charge is 0.127 e. The molecular formula is C13H17ClN4. The molecule has 18 heavy (non-hydrogen) atoms. The number of aromatic nitrogens is 2. The number of nitrogens with two attached hydrogens (primary N) is 1. The first kappa shape index (κ1) is 12.9. The Hall–Kier alpha value is -1.52. The predicted molar refractivity (Wildman–Crippen MR) is 74.7 cm³/mol. The van der Waals surface area contributed by atoms with Crippen molar-refractivity contribution in [2.45, 2.75) is 13.1 Å². The van der Waals surface area contributed by atoms with Gasteiger partial charge in [-0.15, -0.1) is 0 Å². The van der Waals surface area contributed by atoms with Gasteiger partial charge in [0.1, 0.15) is 5.82 Å². The number of nitrogens with zero attached hydrogens (tertiary/aromatic N) is 3. The highest BCUT2D eigenvalue weighted by molar-refractivity contribution is 6.31. The third kappa shape index (κ3) is 2.66. The van der Waals surface area contributed by atoms with Crippen molar-refractivity contribution in [2.24, 2.45) is 12.8 Å². The molecule has 0 fully saturated rings. The highest BCUT2D eigenvalue weighted by atomic mass is 35.5. The summed E-state index contributed by atoms with van der Waals surface area (Å²) in [7, 11) is 4.00. The van der Waals surface area contributed by atoms with E-state index in [0.717, 1.165) is 23.6 Å². The lowest BCUT2D eigenvalue weighted by Crippen LogP contribution is -2.19. The van der Waals surface area contributed by atoms with Crippen LogP contribution in [-0.2, 0) is 20.1 Å². The van der Waals surface area contributed by atoms with Crippen molar-refractivity contribution in [3.8, 4) is 0 Å². The Morgan fingerprint density at radius 3 is 2.78 bits per heavy atom. The number of benzene rings is 1. The first-order valence-corrected chi connectivity index (χ1v) is 6.15. The molecule has 0 saturated heterocycles. The fourth-order valence-corrected chi connectivity index (χ4v) is 2.04.